The van der Waals surface area contributed by atoms with E-state index in [0.29, 0.717) is 28.3 Å². The lowest BCUT2D eigenvalue weighted by Gasteiger charge is -2.22. The second kappa shape index (κ2) is 11.6. The van der Waals surface area contributed by atoms with Gasteiger partial charge in [0, 0.05) is 40.7 Å². The highest BCUT2D eigenvalue weighted by molar-refractivity contribution is 6.09. The normalized spacial score (nSPS) is 13.4. The molecule has 3 N–H and O–H groups in total. The summed E-state index contributed by atoms with van der Waals surface area (Å²) in [5, 5.41) is 3.07. The maximum atomic E-state index is 12.0. The molecule has 0 unspecified atom stereocenters. The Morgan fingerprint density at radius 1 is 0.719 bits per heavy atom. The van der Waals surface area contributed by atoms with Crippen molar-refractivity contribution in [3.05, 3.63) is 101 Å². The number of aromatic nitrogens is 1. The van der Waals surface area contributed by atoms with E-state index in [4.69, 9.17) is 5.73 Å². The molecule has 0 saturated heterocycles. The molecule has 1 fully saturated rings. The number of ketones is 1. The van der Waals surface area contributed by atoms with Crippen LogP contribution in [0.4, 0.5) is 0 Å². The summed E-state index contributed by atoms with van der Waals surface area (Å²) < 4.78 is 0. The molecule has 1 aromatic heterocycles. The molecule has 0 radical (unpaired) electrons. The van der Waals surface area contributed by atoms with Crippen LogP contribution in [-0.2, 0) is 0 Å². The Morgan fingerprint density at radius 2 is 1.28 bits per heavy atom. The van der Waals surface area contributed by atoms with Crippen molar-refractivity contribution < 1.29 is 14.4 Å². The van der Waals surface area contributed by atoms with Crippen molar-refractivity contribution in [2.24, 2.45) is 5.73 Å². The van der Waals surface area contributed by atoms with E-state index < -0.39 is 5.91 Å². The standard InChI is InChI=1S/C14H11NO2.C12H16N2O/c15-14(17)12-8-6-11(7-9-12)13(16)10-4-2-1-3-5-10;15-12(10-6-8-13-9-7-10)14-11-4-2-1-3-5-11/h1-9H,(H2,15,17);6-9,11H,1-5H2,(H,14,15). The van der Waals surface area contributed by atoms with Crippen LogP contribution in [0.25, 0.3) is 0 Å². The number of nitrogens with two attached hydrogens (primary N) is 1. The number of hydrogen-bond acceptors (Lipinski definition) is 4. The topological polar surface area (TPSA) is 102 Å². The first-order valence-electron chi connectivity index (χ1n) is 10.7. The molecule has 4 rings (SSSR count). The summed E-state index contributed by atoms with van der Waals surface area (Å²) in [5.74, 6) is -0.533. The molecule has 164 valence electrons. The van der Waals surface area contributed by atoms with Crippen LogP contribution in [0.5, 0.6) is 0 Å². The Labute approximate surface area is 187 Å². The molecule has 3 aromatic rings. The van der Waals surface area contributed by atoms with E-state index in [1.165, 1.54) is 19.3 Å². The third-order valence-electron chi connectivity index (χ3n) is 5.35. The maximum absolute atomic E-state index is 12.0. The Balaban J connectivity index is 0.000000182. The van der Waals surface area contributed by atoms with Crippen LogP contribution in [0.3, 0.4) is 0 Å². The summed E-state index contributed by atoms with van der Waals surface area (Å²) in [6, 6.07) is 19.2. The van der Waals surface area contributed by atoms with E-state index >= 15 is 0 Å². The van der Waals surface area contributed by atoms with E-state index in [-0.39, 0.29) is 11.7 Å². The second-order valence-electron chi connectivity index (χ2n) is 7.68. The average Bonchev–Trinajstić information content (AvgIpc) is 2.86. The molecular formula is C26H27N3O3. The Hall–Kier alpha value is -3.80. The van der Waals surface area contributed by atoms with Gasteiger partial charge in [-0.15, -0.1) is 0 Å². The number of amides is 2. The van der Waals surface area contributed by atoms with E-state index in [9.17, 15) is 14.4 Å². The third kappa shape index (κ3) is 6.60. The number of rotatable bonds is 5. The van der Waals surface area contributed by atoms with Gasteiger partial charge in [-0.2, -0.15) is 0 Å². The Morgan fingerprint density at radius 3 is 1.88 bits per heavy atom. The van der Waals surface area contributed by atoms with Gasteiger partial charge in [-0.1, -0.05) is 61.7 Å². The summed E-state index contributed by atoms with van der Waals surface area (Å²) >= 11 is 0. The van der Waals surface area contributed by atoms with Crippen molar-refractivity contribution in [2.45, 2.75) is 38.1 Å². The smallest absolute Gasteiger partial charge is 0.251 e. The molecule has 32 heavy (non-hydrogen) atoms. The second-order valence-corrected chi connectivity index (χ2v) is 7.68. The van der Waals surface area contributed by atoms with Gasteiger partial charge in [-0.25, -0.2) is 0 Å². The summed E-state index contributed by atoms with van der Waals surface area (Å²) in [6.45, 7) is 0. The minimum absolute atomic E-state index is 0.0318. The van der Waals surface area contributed by atoms with E-state index in [0.717, 1.165) is 12.8 Å². The van der Waals surface area contributed by atoms with E-state index in [1.54, 1.807) is 60.9 Å². The molecule has 1 saturated carbocycles. The van der Waals surface area contributed by atoms with Crippen LogP contribution in [0.1, 0.15) is 68.7 Å². The zero-order valence-corrected chi connectivity index (χ0v) is 17.9. The number of pyridine rings is 1. The summed E-state index contributed by atoms with van der Waals surface area (Å²) in [4.78, 5) is 38.6. The molecule has 0 bridgehead atoms. The monoisotopic (exact) mass is 429 g/mol. The predicted octanol–water partition coefficient (Wildman–Crippen LogP) is 4.16. The van der Waals surface area contributed by atoms with Crippen molar-refractivity contribution in [3.8, 4) is 0 Å². The maximum Gasteiger partial charge on any atom is 0.251 e. The van der Waals surface area contributed by atoms with Crippen LogP contribution in [0, 0.1) is 0 Å². The molecule has 1 aliphatic rings. The van der Waals surface area contributed by atoms with Gasteiger partial charge in [-0.05, 0) is 37.1 Å². The molecule has 0 atom stereocenters. The zero-order valence-electron chi connectivity index (χ0n) is 17.9. The van der Waals surface area contributed by atoms with E-state index in [2.05, 4.69) is 10.3 Å². The van der Waals surface area contributed by atoms with Crippen molar-refractivity contribution in [1.82, 2.24) is 10.3 Å². The minimum Gasteiger partial charge on any atom is -0.366 e. The van der Waals surface area contributed by atoms with Crippen LogP contribution < -0.4 is 11.1 Å². The molecule has 0 spiro atoms. The van der Waals surface area contributed by atoms with Crippen LogP contribution in [0.2, 0.25) is 0 Å². The first-order chi connectivity index (χ1) is 15.5. The number of carbonyl (C=O) groups excluding carboxylic acids is 3. The number of primary amides is 1. The van der Waals surface area contributed by atoms with Crippen LogP contribution in [0.15, 0.2) is 79.1 Å². The molecule has 2 amide bonds. The highest BCUT2D eigenvalue weighted by Gasteiger charge is 2.16. The van der Waals surface area contributed by atoms with Crippen molar-refractivity contribution in [2.75, 3.05) is 0 Å². The first-order valence-corrected chi connectivity index (χ1v) is 10.7. The zero-order chi connectivity index (χ0) is 22.8. The quantitative estimate of drug-likeness (QED) is 0.595. The fourth-order valence-corrected chi connectivity index (χ4v) is 3.56. The van der Waals surface area contributed by atoms with Gasteiger partial charge >= 0.3 is 0 Å². The average molecular weight is 430 g/mol. The van der Waals surface area contributed by atoms with Gasteiger partial charge in [0.1, 0.15) is 0 Å². The van der Waals surface area contributed by atoms with Crippen LogP contribution >= 0.6 is 0 Å². The predicted molar refractivity (Wildman–Crippen MR) is 123 cm³/mol. The molecule has 1 heterocycles. The molecule has 0 aliphatic heterocycles. The Bertz CT molecular complexity index is 1030. The third-order valence-corrected chi connectivity index (χ3v) is 5.35. The molecule has 1 aliphatic carbocycles. The van der Waals surface area contributed by atoms with Gasteiger partial charge in [-0.3, -0.25) is 19.4 Å². The summed E-state index contributed by atoms with van der Waals surface area (Å²) in [6.07, 6.45) is 9.32. The number of hydrogen-bond donors (Lipinski definition) is 2. The van der Waals surface area contributed by atoms with Gasteiger partial charge in [0.25, 0.3) is 5.91 Å². The lowest BCUT2D eigenvalue weighted by molar-refractivity contribution is 0.0926. The fraction of sp³-hybridized carbons (Fsp3) is 0.231. The van der Waals surface area contributed by atoms with Crippen molar-refractivity contribution in [3.63, 3.8) is 0 Å². The lowest BCUT2D eigenvalue weighted by atomic mass is 9.95. The highest BCUT2D eigenvalue weighted by Crippen LogP contribution is 2.17. The molecule has 6 heteroatoms. The molecular weight excluding hydrogens is 402 g/mol. The van der Waals surface area contributed by atoms with Gasteiger partial charge < -0.3 is 11.1 Å². The van der Waals surface area contributed by atoms with Crippen LogP contribution in [-0.4, -0.2) is 28.6 Å². The first kappa shape index (κ1) is 22.9. The largest absolute Gasteiger partial charge is 0.366 e. The van der Waals surface area contributed by atoms with Crippen molar-refractivity contribution >= 4 is 17.6 Å². The number of benzene rings is 2. The SMILES string of the molecule is NC(=O)c1ccc(C(=O)c2ccccc2)cc1.O=C(NC1CCCCC1)c1ccncc1. The van der Waals surface area contributed by atoms with Gasteiger partial charge in [0.15, 0.2) is 5.78 Å². The molecule has 6 nitrogen and oxygen atoms in total. The fourth-order valence-electron chi connectivity index (χ4n) is 3.56. The molecule has 2 aromatic carbocycles. The van der Waals surface area contributed by atoms with E-state index in [1.807, 2.05) is 18.2 Å². The van der Waals surface area contributed by atoms with Gasteiger partial charge in [0.05, 0.1) is 0 Å². The lowest BCUT2D eigenvalue weighted by Crippen LogP contribution is -2.36. The highest BCUT2D eigenvalue weighted by atomic mass is 16.2. The Kier molecular flexibility index (Phi) is 8.26. The summed E-state index contributed by atoms with van der Waals surface area (Å²) in [7, 11) is 0. The minimum atomic E-state index is -0.497. The number of nitrogens with zero attached hydrogens (tertiary/aromatic N) is 1. The number of nitrogens with one attached hydrogen (secondary N) is 1. The number of carbonyl (C=O) groups is 3. The van der Waals surface area contributed by atoms with Crippen molar-refractivity contribution in [1.29, 1.82) is 0 Å². The summed E-state index contributed by atoms with van der Waals surface area (Å²) in [5.41, 5.74) is 7.40. The van der Waals surface area contributed by atoms with Gasteiger partial charge in [0.2, 0.25) is 5.91 Å².